The quantitative estimate of drug-likeness (QED) is 0.335. The molecule has 0 unspecified atom stereocenters. The van der Waals surface area contributed by atoms with E-state index in [4.69, 9.17) is 9.72 Å². The largest absolute Gasteiger partial charge is 0.481 e. The van der Waals surface area contributed by atoms with Crippen LogP contribution in [0.1, 0.15) is 23.4 Å². The zero-order chi connectivity index (χ0) is 25.2. The van der Waals surface area contributed by atoms with Crippen LogP contribution in [0.4, 0.5) is 20.3 Å². The number of ether oxygens (including phenoxy) is 1. The highest BCUT2D eigenvalue weighted by Crippen LogP contribution is 2.28. The normalized spacial score (nSPS) is 11.4. The van der Waals surface area contributed by atoms with Crippen molar-refractivity contribution in [1.29, 1.82) is 0 Å². The second-order valence-electron chi connectivity index (χ2n) is 7.95. The summed E-state index contributed by atoms with van der Waals surface area (Å²) in [6.45, 7) is 1.71. The zero-order valence-electron chi connectivity index (χ0n) is 19.4. The maximum Gasteiger partial charge on any atom is 0.282 e. The van der Waals surface area contributed by atoms with Crippen LogP contribution in [0.25, 0.3) is 22.7 Å². The van der Waals surface area contributed by atoms with E-state index in [-0.39, 0.29) is 24.7 Å². The molecule has 0 aliphatic heterocycles. The summed E-state index contributed by atoms with van der Waals surface area (Å²) in [4.78, 5) is 9.16. The van der Waals surface area contributed by atoms with E-state index >= 15 is 0 Å². The Balaban J connectivity index is 1.58. The lowest BCUT2D eigenvalue weighted by atomic mass is 10.2. The van der Waals surface area contributed by atoms with E-state index in [1.165, 1.54) is 17.9 Å². The number of halogens is 2. The number of alkyl halides is 2. The summed E-state index contributed by atoms with van der Waals surface area (Å²) >= 11 is 0. The summed E-state index contributed by atoms with van der Waals surface area (Å²) in [5, 5.41) is 24.9. The van der Waals surface area contributed by atoms with Gasteiger partial charge < -0.3 is 15.2 Å². The molecule has 0 spiro atoms. The number of imidazole rings is 1. The van der Waals surface area contributed by atoms with Crippen LogP contribution >= 0.6 is 0 Å². The molecule has 0 saturated carbocycles. The Bertz CT molecular complexity index is 1510. The van der Waals surface area contributed by atoms with Gasteiger partial charge in [-0.2, -0.15) is 14.9 Å². The number of hydrogen-bond donors (Lipinski definition) is 2. The molecular formula is C24H22F2N8O2. The van der Waals surface area contributed by atoms with Crippen LogP contribution in [-0.4, -0.2) is 53.3 Å². The Morgan fingerprint density at radius 2 is 1.94 bits per heavy atom. The van der Waals surface area contributed by atoms with E-state index in [2.05, 4.69) is 25.6 Å². The fraction of sp³-hybridized carbons (Fsp3) is 0.208. The fourth-order valence-corrected chi connectivity index (χ4v) is 3.77. The predicted molar refractivity (Wildman–Crippen MR) is 128 cm³/mol. The lowest BCUT2D eigenvalue weighted by Crippen LogP contribution is -2.10. The van der Waals surface area contributed by atoms with Crippen molar-refractivity contribution >= 4 is 22.5 Å². The van der Waals surface area contributed by atoms with Crippen LogP contribution in [0.5, 0.6) is 5.88 Å². The Hall–Kier alpha value is -4.45. The molecule has 0 aliphatic carbocycles. The first-order valence-corrected chi connectivity index (χ1v) is 11.0. The van der Waals surface area contributed by atoms with Crippen molar-refractivity contribution in [1.82, 2.24) is 34.5 Å². The number of benzene rings is 1. The number of hydrogen-bond acceptors (Lipinski definition) is 8. The van der Waals surface area contributed by atoms with Gasteiger partial charge in [-0.15, -0.1) is 5.10 Å². The molecule has 4 aromatic heterocycles. The van der Waals surface area contributed by atoms with E-state index in [1.807, 2.05) is 37.3 Å². The number of pyridine rings is 1. The molecule has 12 heteroatoms. The van der Waals surface area contributed by atoms with Gasteiger partial charge in [0.1, 0.15) is 17.8 Å². The van der Waals surface area contributed by atoms with Gasteiger partial charge in [0.15, 0.2) is 11.6 Å². The third kappa shape index (κ3) is 4.45. The highest BCUT2D eigenvalue weighted by Gasteiger charge is 2.20. The van der Waals surface area contributed by atoms with E-state index in [0.29, 0.717) is 17.2 Å². The maximum absolute atomic E-state index is 13.3. The zero-order valence-corrected chi connectivity index (χ0v) is 19.4. The summed E-state index contributed by atoms with van der Waals surface area (Å²) in [7, 11) is 1.37. The van der Waals surface area contributed by atoms with Gasteiger partial charge in [-0.3, -0.25) is 4.57 Å². The van der Waals surface area contributed by atoms with Crippen molar-refractivity contribution in [2.45, 2.75) is 19.8 Å². The van der Waals surface area contributed by atoms with Crippen molar-refractivity contribution in [3.05, 3.63) is 71.8 Å². The van der Waals surface area contributed by atoms with E-state index in [1.54, 1.807) is 23.0 Å². The van der Waals surface area contributed by atoms with Crippen molar-refractivity contribution in [3.63, 3.8) is 0 Å². The predicted octanol–water partition coefficient (Wildman–Crippen LogP) is 3.93. The number of nitrogens with one attached hydrogen (secondary N) is 1. The van der Waals surface area contributed by atoms with E-state index < -0.39 is 12.1 Å². The Kier molecular flexibility index (Phi) is 6.25. The molecule has 0 saturated heterocycles. The van der Waals surface area contributed by atoms with Crippen LogP contribution < -0.4 is 10.1 Å². The van der Waals surface area contributed by atoms with Crippen LogP contribution in [0, 0.1) is 6.92 Å². The smallest absolute Gasteiger partial charge is 0.282 e. The molecule has 2 N–H and O–H groups in total. The molecule has 1 aromatic carbocycles. The molecule has 0 bridgehead atoms. The molecule has 0 fully saturated rings. The minimum Gasteiger partial charge on any atom is -0.481 e. The molecule has 184 valence electrons. The summed E-state index contributed by atoms with van der Waals surface area (Å²) in [5.74, 6) is 1.46. The third-order valence-electron chi connectivity index (χ3n) is 5.52. The minimum atomic E-state index is -2.77. The van der Waals surface area contributed by atoms with E-state index in [9.17, 15) is 13.9 Å². The molecule has 4 heterocycles. The molecular weight excluding hydrogens is 470 g/mol. The monoisotopic (exact) mass is 492 g/mol. The van der Waals surface area contributed by atoms with Gasteiger partial charge in [0.2, 0.25) is 5.88 Å². The first kappa shape index (κ1) is 23.3. The fourth-order valence-electron chi connectivity index (χ4n) is 3.77. The number of nitrogens with zero attached hydrogens (tertiary/aromatic N) is 7. The van der Waals surface area contributed by atoms with Crippen molar-refractivity contribution in [3.8, 4) is 17.5 Å². The first-order valence-electron chi connectivity index (χ1n) is 11.0. The van der Waals surface area contributed by atoms with Gasteiger partial charge in [0.05, 0.1) is 23.8 Å². The van der Waals surface area contributed by atoms with Crippen molar-refractivity contribution in [2.24, 2.45) is 0 Å². The average molecular weight is 492 g/mol. The second kappa shape index (κ2) is 9.66. The van der Waals surface area contributed by atoms with Crippen molar-refractivity contribution < 1.29 is 18.6 Å². The summed E-state index contributed by atoms with van der Waals surface area (Å²) in [6.07, 6.45) is -0.888. The van der Waals surface area contributed by atoms with Gasteiger partial charge in [0.25, 0.3) is 6.43 Å². The molecule has 0 atom stereocenters. The van der Waals surface area contributed by atoms with Crippen LogP contribution in [-0.2, 0) is 6.42 Å². The number of rotatable bonds is 8. The molecule has 0 amide bonds. The molecule has 5 rings (SSSR count). The lowest BCUT2D eigenvalue weighted by Gasteiger charge is -2.13. The van der Waals surface area contributed by atoms with Gasteiger partial charge >= 0.3 is 0 Å². The average Bonchev–Trinajstić information content (AvgIpc) is 3.50. The summed E-state index contributed by atoms with van der Waals surface area (Å²) in [6, 6.07) is 14.0. The number of aryl methyl sites for hydroxylation is 1. The number of aromatic nitrogens is 7. The Morgan fingerprint density at radius 3 is 2.67 bits per heavy atom. The highest BCUT2D eigenvalue weighted by atomic mass is 19.3. The number of methoxy groups -OCH3 is 1. The Labute approximate surface area is 204 Å². The highest BCUT2D eigenvalue weighted by molar-refractivity contribution is 5.82. The molecule has 0 radical (unpaired) electrons. The molecule has 5 aromatic rings. The Morgan fingerprint density at radius 1 is 1.08 bits per heavy atom. The molecule has 36 heavy (non-hydrogen) atoms. The third-order valence-corrected chi connectivity index (χ3v) is 5.52. The maximum atomic E-state index is 13.3. The number of aliphatic hydroxyl groups is 1. The van der Waals surface area contributed by atoms with Gasteiger partial charge in [0, 0.05) is 18.4 Å². The topological polar surface area (TPSA) is 116 Å². The van der Waals surface area contributed by atoms with Gasteiger partial charge in [-0.05, 0) is 55.3 Å². The van der Waals surface area contributed by atoms with Gasteiger partial charge in [-0.1, -0.05) is 6.07 Å². The van der Waals surface area contributed by atoms with E-state index in [0.717, 1.165) is 22.4 Å². The number of aliphatic hydroxyl groups excluding tert-OH is 1. The SMILES string of the molecule is COc1cc(C(F)F)nn1-c1nc(-n2cnc3ccc(Nc4ccc(C)nn4)cc32)ccc1CCO. The van der Waals surface area contributed by atoms with Gasteiger partial charge in [-0.25, -0.2) is 18.7 Å². The van der Waals surface area contributed by atoms with Crippen LogP contribution in [0.15, 0.2) is 54.9 Å². The second-order valence-corrected chi connectivity index (χ2v) is 7.95. The molecule has 10 nitrogen and oxygen atoms in total. The minimum absolute atomic E-state index is 0.107. The number of fused-ring (bicyclic) bond motifs is 1. The summed E-state index contributed by atoms with van der Waals surface area (Å²) in [5.41, 5.74) is 3.26. The molecule has 0 aliphatic rings. The number of anilines is 2. The van der Waals surface area contributed by atoms with Crippen LogP contribution in [0.2, 0.25) is 0 Å². The van der Waals surface area contributed by atoms with Crippen LogP contribution in [0.3, 0.4) is 0 Å². The first-order chi connectivity index (χ1) is 17.5. The van der Waals surface area contributed by atoms with Crippen molar-refractivity contribution in [2.75, 3.05) is 19.0 Å². The summed E-state index contributed by atoms with van der Waals surface area (Å²) < 4.78 is 34.9. The standard InChI is InChI=1S/C24H22F2N8O2/c1-14-3-7-20(31-30-14)28-16-5-6-17-19(11-16)33(13-27-17)21-8-4-15(9-10-35)24(29-21)34-22(36-2)12-18(32-34)23(25)26/h3-8,11-13,23,35H,9-10H2,1-2H3,(H,28,31). The lowest BCUT2D eigenvalue weighted by molar-refractivity contribution is 0.145.